The third kappa shape index (κ3) is 4.44. The van der Waals surface area contributed by atoms with Crippen molar-refractivity contribution in [2.75, 3.05) is 19.3 Å². The molecule has 1 aliphatic heterocycles. The third-order valence-electron chi connectivity index (χ3n) is 6.58. The molecule has 2 aromatic rings. The smallest absolute Gasteiger partial charge is 0.226 e. The van der Waals surface area contributed by atoms with Gasteiger partial charge in [-0.15, -0.1) is 0 Å². The average molecular weight is 427 g/mol. The molecule has 0 aromatic heterocycles. The van der Waals surface area contributed by atoms with Gasteiger partial charge in [-0.3, -0.25) is 4.79 Å². The zero-order valence-electron chi connectivity index (χ0n) is 17.7. The molecular formula is C24H30N2O3S. The molecule has 1 amide bonds. The van der Waals surface area contributed by atoms with Crippen LogP contribution in [0.4, 0.5) is 0 Å². The Labute approximate surface area is 179 Å². The van der Waals surface area contributed by atoms with E-state index in [-0.39, 0.29) is 23.3 Å². The maximum absolute atomic E-state index is 13.3. The number of hydrogen-bond acceptors (Lipinski definition) is 3. The molecule has 4 rings (SSSR count). The molecule has 3 unspecified atom stereocenters. The fraction of sp³-hybridized carbons (Fsp3) is 0.458. The van der Waals surface area contributed by atoms with Crippen LogP contribution in [0.25, 0.3) is 11.1 Å². The first-order chi connectivity index (χ1) is 14.3. The SMILES string of the molecule is CC1(c2ccccc2-c2ccccc2)CC1C(=O)N1CCCC(NS(C)(=O)=O)CC1. The summed E-state index contributed by atoms with van der Waals surface area (Å²) in [5.74, 6) is 0.196. The Morgan fingerprint density at radius 3 is 2.47 bits per heavy atom. The molecule has 1 saturated heterocycles. The van der Waals surface area contributed by atoms with Gasteiger partial charge < -0.3 is 4.90 Å². The highest BCUT2D eigenvalue weighted by molar-refractivity contribution is 7.88. The molecular weight excluding hydrogens is 396 g/mol. The zero-order valence-corrected chi connectivity index (χ0v) is 18.5. The van der Waals surface area contributed by atoms with E-state index in [1.165, 1.54) is 22.9 Å². The van der Waals surface area contributed by atoms with Gasteiger partial charge in [0.25, 0.3) is 0 Å². The summed E-state index contributed by atoms with van der Waals surface area (Å²) in [7, 11) is -3.22. The van der Waals surface area contributed by atoms with Crippen LogP contribution < -0.4 is 4.72 Å². The second kappa shape index (κ2) is 8.16. The van der Waals surface area contributed by atoms with E-state index in [0.29, 0.717) is 19.5 Å². The normalized spacial score (nSPS) is 26.8. The molecule has 1 N–H and O–H groups in total. The highest BCUT2D eigenvalue weighted by Crippen LogP contribution is 2.57. The first-order valence-electron chi connectivity index (χ1n) is 10.7. The molecule has 2 aromatic carbocycles. The molecule has 1 saturated carbocycles. The minimum Gasteiger partial charge on any atom is -0.342 e. The van der Waals surface area contributed by atoms with E-state index in [1.807, 2.05) is 23.1 Å². The summed E-state index contributed by atoms with van der Waals surface area (Å²) in [5.41, 5.74) is 3.46. The molecule has 2 aliphatic rings. The molecule has 1 aliphatic carbocycles. The maximum atomic E-state index is 13.3. The molecule has 0 radical (unpaired) electrons. The number of rotatable bonds is 5. The van der Waals surface area contributed by atoms with Gasteiger partial charge in [-0.2, -0.15) is 0 Å². The van der Waals surface area contributed by atoms with Crippen molar-refractivity contribution in [1.29, 1.82) is 0 Å². The van der Waals surface area contributed by atoms with Crippen molar-refractivity contribution in [1.82, 2.24) is 9.62 Å². The minimum absolute atomic E-state index is 0.0122. The quantitative estimate of drug-likeness (QED) is 0.795. The van der Waals surface area contributed by atoms with Gasteiger partial charge in [0.2, 0.25) is 15.9 Å². The van der Waals surface area contributed by atoms with Crippen molar-refractivity contribution in [2.24, 2.45) is 5.92 Å². The molecule has 2 fully saturated rings. The van der Waals surface area contributed by atoms with Crippen LogP contribution >= 0.6 is 0 Å². The van der Waals surface area contributed by atoms with E-state index < -0.39 is 10.0 Å². The van der Waals surface area contributed by atoms with Gasteiger partial charge in [0.15, 0.2) is 0 Å². The van der Waals surface area contributed by atoms with Crippen molar-refractivity contribution in [2.45, 2.75) is 44.1 Å². The summed E-state index contributed by atoms with van der Waals surface area (Å²) < 4.78 is 25.8. The molecule has 0 spiro atoms. The van der Waals surface area contributed by atoms with Crippen molar-refractivity contribution in [3.63, 3.8) is 0 Å². The summed E-state index contributed by atoms with van der Waals surface area (Å²) in [6, 6.07) is 18.7. The largest absolute Gasteiger partial charge is 0.342 e. The lowest BCUT2D eigenvalue weighted by molar-refractivity contribution is -0.133. The number of sulfonamides is 1. The number of benzene rings is 2. The highest BCUT2D eigenvalue weighted by atomic mass is 32.2. The summed E-state index contributed by atoms with van der Waals surface area (Å²) in [6.07, 6.45) is 4.32. The van der Waals surface area contributed by atoms with Crippen molar-refractivity contribution >= 4 is 15.9 Å². The standard InChI is InChI=1S/C24H30N2O3S/c1-24(21-13-7-6-12-20(21)18-9-4-3-5-10-18)17-22(24)23(27)26-15-8-11-19(14-16-26)25-30(2,28)29/h3-7,9-10,12-13,19,22,25H,8,11,14-17H2,1-2H3. The summed E-state index contributed by atoms with van der Waals surface area (Å²) in [6.45, 7) is 3.51. The lowest BCUT2D eigenvalue weighted by Crippen LogP contribution is -2.37. The Hall–Kier alpha value is -2.18. The van der Waals surface area contributed by atoms with Crippen LogP contribution in [0, 0.1) is 5.92 Å². The monoisotopic (exact) mass is 426 g/mol. The lowest BCUT2D eigenvalue weighted by atomic mass is 9.87. The van der Waals surface area contributed by atoms with E-state index >= 15 is 0 Å². The van der Waals surface area contributed by atoms with Crippen molar-refractivity contribution in [3.05, 3.63) is 60.2 Å². The van der Waals surface area contributed by atoms with Crippen molar-refractivity contribution < 1.29 is 13.2 Å². The summed E-state index contributed by atoms with van der Waals surface area (Å²) in [5, 5.41) is 0. The lowest BCUT2D eigenvalue weighted by Gasteiger charge is -2.23. The number of amides is 1. The number of nitrogens with one attached hydrogen (secondary N) is 1. The van der Waals surface area contributed by atoms with E-state index in [9.17, 15) is 13.2 Å². The Kier molecular flexibility index (Phi) is 5.73. The number of nitrogens with zero attached hydrogens (tertiary/aromatic N) is 1. The first-order valence-corrected chi connectivity index (χ1v) is 12.6. The third-order valence-corrected chi connectivity index (χ3v) is 7.34. The van der Waals surface area contributed by atoms with Gasteiger partial charge in [-0.05, 0) is 42.4 Å². The van der Waals surface area contributed by atoms with Crippen LogP contribution in [0.5, 0.6) is 0 Å². The van der Waals surface area contributed by atoms with Gasteiger partial charge in [0.1, 0.15) is 0 Å². The Balaban J connectivity index is 1.48. The fourth-order valence-corrected chi connectivity index (χ4v) is 5.67. The fourth-order valence-electron chi connectivity index (χ4n) is 4.83. The van der Waals surface area contributed by atoms with Gasteiger partial charge in [-0.1, -0.05) is 61.5 Å². The topological polar surface area (TPSA) is 66.5 Å². The Morgan fingerprint density at radius 1 is 1.03 bits per heavy atom. The zero-order chi connectivity index (χ0) is 21.4. The van der Waals surface area contributed by atoms with Crippen LogP contribution in [0.15, 0.2) is 54.6 Å². The van der Waals surface area contributed by atoms with Crippen LogP contribution in [0.1, 0.15) is 38.2 Å². The summed E-state index contributed by atoms with van der Waals surface area (Å²) >= 11 is 0. The second-order valence-electron chi connectivity index (χ2n) is 8.93. The molecule has 30 heavy (non-hydrogen) atoms. The van der Waals surface area contributed by atoms with E-state index in [0.717, 1.165) is 19.3 Å². The number of carbonyl (C=O) groups is 1. The van der Waals surface area contributed by atoms with Crippen LogP contribution in [0.3, 0.4) is 0 Å². The Morgan fingerprint density at radius 2 is 1.73 bits per heavy atom. The number of likely N-dealkylation sites (tertiary alicyclic amines) is 1. The van der Waals surface area contributed by atoms with Gasteiger partial charge in [0.05, 0.1) is 6.26 Å². The number of hydrogen-bond donors (Lipinski definition) is 1. The highest BCUT2D eigenvalue weighted by Gasteiger charge is 2.57. The molecule has 5 nitrogen and oxygen atoms in total. The van der Waals surface area contributed by atoms with Gasteiger partial charge >= 0.3 is 0 Å². The van der Waals surface area contributed by atoms with Gasteiger partial charge in [-0.25, -0.2) is 13.1 Å². The number of carbonyl (C=O) groups excluding carboxylic acids is 1. The van der Waals surface area contributed by atoms with Crippen LogP contribution in [-0.4, -0.2) is 44.6 Å². The molecule has 1 heterocycles. The van der Waals surface area contributed by atoms with Crippen LogP contribution in [-0.2, 0) is 20.2 Å². The van der Waals surface area contributed by atoms with Gasteiger partial charge in [0, 0.05) is 30.5 Å². The van der Waals surface area contributed by atoms with E-state index in [2.05, 4.69) is 48.0 Å². The van der Waals surface area contributed by atoms with E-state index in [4.69, 9.17) is 0 Å². The summed E-state index contributed by atoms with van der Waals surface area (Å²) in [4.78, 5) is 15.3. The molecule has 0 bridgehead atoms. The predicted octanol–water partition coefficient (Wildman–Crippen LogP) is 3.56. The predicted molar refractivity (Wildman–Crippen MR) is 120 cm³/mol. The maximum Gasteiger partial charge on any atom is 0.226 e. The molecule has 3 atom stereocenters. The van der Waals surface area contributed by atoms with E-state index in [1.54, 1.807) is 0 Å². The van der Waals surface area contributed by atoms with Crippen LogP contribution in [0.2, 0.25) is 0 Å². The average Bonchev–Trinajstić information content (AvgIpc) is 3.46. The van der Waals surface area contributed by atoms with Crippen molar-refractivity contribution in [3.8, 4) is 11.1 Å². The Bertz CT molecular complexity index is 1020. The minimum atomic E-state index is -3.22. The first kappa shape index (κ1) is 21.1. The molecule has 6 heteroatoms. The second-order valence-corrected chi connectivity index (χ2v) is 10.7. The molecule has 160 valence electrons.